The topological polar surface area (TPSA) is 81.5 Å². The lowest BCUT2D eigenvalue weighted by Gasteiger charge is -2.12. The highest BCUT2D eigenvalue weighted by Gasteiger charge is 2.12. The number of phenolic OH excluding ortho intramolecular Hbond substituents is 1. The molecule has 5 N–H and O–H groups in total. The number of hydrogen-bond acceptors (Lipinski definition) is 4. The Balaban J connectivity index is 0.00000196. The number of hydrogen-bond donors (Lipinski definition) is 3. The quantitative estimate of drug-likeness (QED) is 0.761. The fraction of sp³-hybridized carbons (Fsp3) is 0.333. The van der Waals surface area contributed by atoms with Gasteiger partial charge >= 0.3 is 0 Å². The van der Waals surface area contributed by atoms with Crippen molar-refractivity contribution in [3.63, 3.8) is 0 Å². The first-order valence-corrected chi connectivity index (χ1v) is 4.50. The van der Waals surface area contributed by atoms with E-state index < -0.39 is 0 Å². The van der Waals surface area contributed by atoms with Crippen LogP contribution < -0.4 is 16.2 Å². The fourth-order valence-corrected chi connectivity index (χ4v) is 1.32. The van der Waals surface area contributed by atoms with E-state index in [2.05, 4.69) is 0 Å². The van der Waals surface area contributed by atoms with Gasteiger partial charge in [-0.25, -0.2) is 0 Å². The van der Waals surface area contributed by atoms with Gasteiger partial charge in [0.2, 0.25) is 0 Å². The molecule has 0 bridgehead atoms. The van der Waals surface area contributed by atoms with Gasteiger partial charge in [-0.1, -0.05) is 11.6 Å². The predicted octanol–water partition coefficient (Wildman–Crippen LogP) is 1.43. The summed E-state index contributed by atoms with van der Waals surface area (Å²) in [5, 5.41) is 9.66. The van der Waals surface area contributed by atoms with Gasteiger partial charge in [-0.3, -0.25) is 0 Å². The third kappa shape index (κ3) is 3.14. The molecule has 0 saturated carbocycles. The minimum atomic E-state index is -0.304. The van der Waals surface area contributed by atoms with Gasteiger partial charge in [0.05, 0.1) is 12.1 Å². The molecule has 1 aromatic carbocycles. The van der Waals surface area contributed by atoms with Crippen LogP contribution in [0.25, 0.3) is 0 Å². The number of phenols is 1. The van der Waals surface area contributed by atoms with E-state index in [9.17, 15) is 5.11 Å². The molecule has 0 aromatic heterocycles. The second-order valence-corrected chi connectivity index (χ2v) is 3.30. The van der Waals surface area contributed by atoms with E-state index in [1.165, 1.54) is 7.11 Å². The van der Waals surface area contributed by atoms with Crippen LogP contribution in [0.5, 0.6) is 11.5 Å². The van der Waals surface area contributed by atoms with Crippen LogP contribution in [-0.4, -0.2) is 18.8 Å². The lowest BCUT2D eigenvalue weighted by atomic mass is 10.1. The van der Waals surface area contributed by atoms with Crippen molar-refractivity contribution in [2.75, 3.05) is 13.7 Å². The van der Waals surface area contributed by atoms with Crippen molar-refractivity contribution in [3.05, 3.63) is 22.7 Å². The van der Waals surface area contributed by atoms with Crippen LogP contribution in [-0.2, 0) is 0 Å². The third-order valence-electron chi connectivity index (χ3n) is 1.95. The molecule has 0 aliphatic carbocycles. The van der Waals surface area contributed by atoms with E-state index in [4.69, 9.17) is 27.8 Å². The molecule has 0 saturated heterocycles. The predicted molar refractivity (Wildman–Crippen MR) is 62.9 cm³/mol. The molecule has 0 aliphatic heterocycles. The van der Waals surface area contributed by atoms with Gasteiger partial charge in [0.1, 0.15) is 0 Å². The summed E-state index contributed by atoms with van der Waals surface area (Å²) in [7, 11) is 1.45. The molecule has 4 nitrogen and oxygen atoms in total. The molecule has 6 heteroatoms. The molecule has 0 unspecified atom stereocenters. The summed E-state index contributed by atoms with van der Waals surface area (Å²) >= 11 is 5.77. The average molecular weight is 253 g/mol. The normalized spacial score (nSPS) is 11.7. The first-order valence-electron chi connectivity index (χ1n) is 4.12. The highest BCUT2D eigenvalue weighted by atomic mass is 35.5. The summed E-state index contributed by atoms with van der Waals surface area (Å²) in [6.07, 6.45) is 0. The van der Waals surface area contributed by atoms with Crippen molar-refractivity contribution in [3.8, 4) is 11.5 Å². The molecule has 0 amide bonds. The Bertz CT molecular complexity index is 334. The minimum Gasteiger partial charge on any atom is -0.503 e. The van der Waals surface area contributed by atoms with E-state index in [1.807, 2.05) is 0 Å². The average Bonchev–Trinajstić information content (AvgIpc) is 2.20. The van der Waals surface area contributed by atoms with E-state index in [1.54, 1.807) is 12.1 Å². The van der Waals surface area contributed by atoms with Gasteiger partial charge < -0.3 is 21.3 Å². The number of ether oxygens (including phenoxy) is 1. The number of aromatic hydroxyl groups is 1. The zero-order valence-corrected chi connectivity index (χ0v) is 9.81. The third-order valence-corrected chi connectivity index (χ3v) is 2.24. The van der Waals surface area contributed by atoms with Gasteiger partial charge in [0.25, 0.3) is 0 Å². The van der Waals surface area contributed by atoms with Gasteiger partial charge in [-0.2, -0.15) is 0 Å². The molecule has 15 heavy (non-hydrogen) atoms. The van der Waals surface area contributed by atoms with Crippen LogP contribution in [0.15, 0.2) is 12.1 Å². The first kappa shape index (κ1) is 14.3. The molecule has 0 fully saturated rings. The Labute approximate surface area is 99.6 Å². The highest BCUT2D eigenvalue weighted by Crippen LogP contribution is 2.36. The van der Waals surface area contributed by atoms with Gasteiger partial charge in [0.15, 0.2) is 11.5 Å². The molecule has 86 valence electrons. The van der Waals surface area contributed by atoms with E-state index >= 15 is 0 Å². The smallest absolute Gasteiger partial charge is 0.176 e. The summed E-state index contributed by atoms with van der Waals surface area (Å²) in [5.41, 5.74) is 11.9. The van der Waals surface area contributed by atoms with E-state index in [-0.39, 0.29) is 29.2 Å². The van der Waals surface area contributed by atoms with Gasteiger partial charge in [0, 0.05) is 12.6 Å². The largest absolute Gasteiger partial charge is 0.503 e. The molecular formula is C9H14Cl2N2O2. The lowest BCUT2D eigenvalue weighted by Crippen LogP contribution is -2.20. The summed E-state index contributed by atoms with van der Waals surface area (Å²) in [6.45, 7) is 0.310. The fourth-order valence-electron chi connectivity index (χ4n) is 1.10. The summed E-state index contributed by atoms with van der Waals surface area (Å²) in [6, 6.07) is 2.90. The maximum Gasteiger partial charge on any atom is 0.176 e. The Kier molecular flexibility index (Phi) is 5.75. The molecule has 1 rings (SSSR count). The van der Waals surface area contributed by atoms with Gasteiger partial charge in [-0.15, -0.1) is 12.4 Å². The summed E-state index contributed by atoms with van der Waals surface area (Å²) in [4.78, 5) is 0. The van der Waals surface area contributed by atoms with E-state index in [0.29, 0.717) is 12.3 Å². The number of nitrogens with two attached hydrogens (primary N) is 2. The van der Waals surface area contributed by atoms with Crippen LogP contribution in [0.4, 0.5) is 0 Å². The van der Waals surface area contributed by atoms with Crippen LogP contribution in [0, 0.1) is 0 Å². The van der Waals surface area contributed by atoms with Crippen LogP contribution >= 0.6 is 24.0 Å². The Morgan fingerprint density at radius 1 is 1.53 bits per heavy atom. The second-order valence-electron chi connectivity index (χ2n) is 2.90. The van der Waals surface area contributed by atoms with Crippen molar-refractivity contribution in [1.29, 1.82) is 0 Å². The molecule has 1 atom stereocenters. The highest BCUT2D eigenvalue weighted by molar-refractivity contribution is 6.32. The Morgan fingerprint density at radius 2 is 2.13 bits per heavy atom. The van der Waals surface area contributed by atoms with Crippen LogP contribution in [0.3, 0.4) is 0 Å². The van der Waals surface area contributed by atoms with Gasteiger partial charge in [-0.05, 0) is 17.7 Å². The molecular weight excluding hydrogens is 239 g/mol. The van der Waals surface area contributed by atoms with Crippen molar-refractivity contribution >= 4 is 24.0 Å². The van der Waals surface area contributed by atoms with Crippen molar-refractivity contribution in [2.24, 2.45) is 11.5 Å². The van der Waals surface area contributed by atoms with Crippen molar-refractivity contribution in [2.45, 2.75) is 6.04 Å². The van der Waals surface area contributed by atoms with Crippen LogP contribution in [0.2, 0.25) is 5.02 Å². The summed E-state index contributed by atoms with van der Waals surface area (Å²) < 4.78 is 4.93. The molecule has 1 aromatic rings. The maximum absolute atomic E-state index is 9.45. The number of methoxy groups -OCH3 is 1. The Hall–Kier alpha value is -0.680. The Morgan fingerprint density at radius 3 is 2.60 bits per heavy atom. The zero-order valence-electron chi connectivity index (χ0n) is 8.24. The van der Waals surface area contributed by atoms with Crippen LogP contribution in [0.1, 0.15) is 11.6 Å². The molecule has 0 spiro atoms. The minimum absolute atomic E-state index is 0. The second kappa shape index (κ2) is 6.02. The molecule has 0 heterocycles. The van der Waals surface area contributed by atoms with Crippen molar-refractivity contribution < 1.29 is 9.84 Å². The standard InChI is InChI=1S/C9H13ClN2O2.ClH/c1-14-8-3-5(7(12)4-11)2-6(10)9(8)13;/h2-3,7,13H,4,11-12H2,1H3;1H/t7-;/m1./s1. The number of benzene rings is 1. The zero-order chi connectivity index (χ0) is 10.7. The SMILES string of the molecule is COc1cc([C@H](N)CN)cc(Cl)c1O.Cl. The maximum atomic E-state index is 9.45. The molecule has 0 aliphatic rings. The lowest BCUT2D eigenvalue weighted by molar-refractivity contribution is 0.372. The van der Waals surface area contributed by atoms with Crippen molar-refractivity contribution in [1.82, 2.24) is 0 Å². The monoisotopic (exact) mass is 252 g/mol. The summed E-state index contributed by atoms with van der Waals surface area (Å²) in [5.74, 6) is 0.221. The number of halogens is 2. The number of rotatable bonds is 3. The van der Waals surface area contributed by atoms with E-state index in [0.717, 1.165) is 5.56 Å². The first-order chi connectivity index (χ1) is 6.60. The molecule has 0 radical (unpaired) electrons.